The van der Waals surface area contributed by atoms with E-state index in [1.54, 1.807) is 30.1 Å². The van der Waals surface area contributed by atoms with Crippen LogP contribution in [0.5, 0.6) is 17.2 Å². The largest absolute Gasteiger partial charge is 0.476 e. The van der Waals surface area contributed by atoms with Gasteiger partial charge in [0.15, 0.2) is 29.2 Å². The maximum absolute atomic E-state index is 14.6. The molecule has 2 aliphatic heterocycles. The van der Waals surface area contributed by atoms with Crippen molar-refractivity contribution in [1.82, 2.24) is 9.80 Å². The van der Waals surface area contributed by atoms with Crippen molar-refractivity contribution in [2.75, 3.05) is 33.5 Å². The van der Waals surface area contributed by atoms with Gasteiger partial charge in [0.05, 0.1) is 6.10 Å². The molecule has 200 valence electrons. The molecule has 8 heteroatoms. The average Bonchev–Trinajstić information content (AvgIpc) is 3.61. The Kier molecular flexibility index (Phi) is 8.41. The Hall–Kier alpha value is -3.62. The van der Waals surface area contributed by atoms with Gasteiger partial charge in [0.1, 0.15) is 0 Å². The summed E-state index contributed by atoms with van der Waals surface area (Å²) >= 11 is 0. The second-order valence-electron chi connectivity index (χ2n) is 9.73. The third kappa shape index (κ3) is 6.62. The highest BCUT2D eigenvalue weighted by Gasteiger charge is 2.30. The molecule has 2 unspecified atom stereocenters. The molecule has 1 fully saturated rings. The minimum Gasteiger partial charge on any atom is -0.476 e. The molecule has 2 aliphatic rings. The summed E-state index contributed by atoms with van der Waals surface area (Å²) in [6.07, 6.45) is 1.11. The summed E-state index contributed by atoms with van der Waals surface area (Å²) in [5, 5.41) is 0. The summed E-state index contributed by atoms with van der Waals surface area (Å²) in [5.74, 6) is 0.756. The van der Waals surface area contributed by atoms with Crippen molar-refractivity contribution >= 4 is 5.91 Å². The predicted octanol–water partition coefficient (Wildman–Crippen LogP) is 4.64. The molecule has 0 radical (unpaired) electrons. The van der Waals surface area contributed by atoms with E-state index in [-0.39, 0.29) is 31.1 Å². The van der Waals surface area contributed by atoms with Gasteiger partial charge >= 0.3 is 0 Å². The number of benzene rings is 3. The normalized spacial score (nSPS) is 17.0. The second kappa shape index (κ2) is 12.3. The molecule has 0 aromatic heterocycles. The minimum atomic E-state index is -0.920. The summed E-state index contributed by atoms with van der Waals surface area (Å²) in [6.45, 7) is 2.80. The number of likely N-dealkylation sites (N-methyl/N-ethyl adjacent to an activating group) is 1. The van der Waals surface area contributed by atoms with Gasteiger partial charge in [-0.15, -0.1) is 0 Å². The van der Waals surface area contributed by atoms with Crippen molar-refractivity contribution in [3.63, 3.8) is 0 Å². The fourth-order valence-electron chi connectivity index (χ4n) is 4.85. The topological polar surface area (TPSA) is 60.5 Å². The number of carbonyl (C=O) groups excluding carboxylic acids is 1. The van der Waals surface area contributed by atoms with Crippen LogP contribution in [0.4, 0.5) is 4.39 Å². The summed E-state index contributed by atoms with van der Waals surface area (Å²) in [4.78, 5) is 17.5. The minimum absolute atomic E-state index is 0.0547. The Morgan fingerprint density at radius 1 is 1.00 bits per heavy atom. The van der Waals surface area contributed by atoms with Crippen LogP contribution in [-0.2, 0) is 22.6 Å². The van der Waals surface area contributed by atoms with Crippen LogP contribution in [0.15, 0.2) is 72.8 Å². The fourth-order valence-corrected chi connectivity index (χ4v) is 4.85. The number of amides is 1. The van der Waals surface area contributed by atoms with Crippen LogP contribution >= 0.6 is 0 Å². The van der Waals surface area contributed by atoms with Crippen molar-refractivity contribution in [3.05, 3.63) is 89.7 Å². The van der Waals surface area contributed by atoms with Crippen molar-refractivity contribution in [1.29, 1.82) is 0 Å². The van der Waals surface area contributed by atoms with E-state index < -0.39 is 11.9 Å². The van der Waals surface area contributed by atoms with Gasteiger partial charge in [-0.25, -0.2) is 4.39 Å². The van der Waals surface area contributed by atoms with Gasteiger partial charge < -0.3 is 23.8 Å². The highest BCUT2D eigenvalue weighted by atomic mass is 19.1. The zero-order valence-corrected chi connectivity index (χ0v) is 21.6. The van der Waals surface area contributed by atoms with E-state index in [9.17, 15) is 9.18 Å². The summed E-state index contributed by atoms with van der Waals surface area (Å²) in [6, 6.07) is 21.8. The number of halogens is 1. The number of para-hydroxylation sites is 1. The van der Waals surface area contributed by atoms with E-state index >= 15 is 0 Å². The van der Waals surface area contributed by atoms with Crippen molar-refractivity contribution in [3.8, 4) is 17.2 Å². The standard InChI is InChI=1S/C30H33FN2O5/c1-32(17-22-8-3-2-4-9-22)30(34)29(38-26-12-6-5-11-25(26)31)20-33(19-24-10-7-15-35-24)18-23-13-14-27-28(16-23)37-21-36-27/h2-6,8-9,11-14,16,24,29H,7,10,15,17-21H2,1H3. The lowest BCUT2D eigenvalue weighted by atomic mass is 10.1. The molecule has 1 saturated heterocycles. The number of hydrogen-bond donors (Lipinski definition) is 0. The molecular formula is C30H33FN2O5. The van der Waals surface area contributed by atoms with E-state index in [1.807, 2.05) is 48.5 Å². The van der Waals surface area contributed by atoms with Gasteiger partial charge in [-0.05, 0) is 48.2 Å². The SMILES string of the molecule is CN(Cc1ccccc1)C(=O)C(CN(Cc1ccc2c(c1)OCO2)CC1CCCO1)Oc1ccccc1F. The molecule has 7 nitrogen and oxygen atoms in total. The lowest BCUT2D eigenvalue weighted by Gasteiger charge is -2.31. The maximum Gasteiger partial charge on any atom is 0.265 e. The van der Waals surface area contributed by atoms with Gasteiger partial charge in [-0.1, -0.05) is 48.5 Å². The monoisotopic (exact) mass is 520 g/mol. The lowest BCUT2D eigenvalue weighted by Crippen LogP contribution is -2.48. The number of nitrogens with zero attached hydrogens (tertiary/aromatic N) is 2. The van der Waals surface area contributed by atoms with Gasteiger partial charge in [0.25, 0.3) is 5.91 Å². The first kappa shape index (κ1) is 26.0. The van der Waals surface area contributed by atoms with Crippen LogP contribution in [0.2, 0.25) is 0 Å². The molecule has 3 aromatic rings. The molecule has 0 N–H and O–H groups in total. The Labute approximate surface area is 222 Å². The Morgan fingerprint density at radius 3 is 2.58 bits per heavy atom. The Morgan fingerprint density at radius 2 is 1.79 bits per heavy atom. The first-order valence-corrected chi connectivity index (χ1v) is 13.0. The third-order valence-corrected chi connectivity index (χ3v) is 6.77. The van der Waals surface area contributed by atoms with Crippen LogP contribution in [0.25, 0.3) is 0 Å². The molecule has 2 heterocycles. The molecule has 0 bridgehead atoms. The van der Waals surface area contributed by atoms with Crippen molar-refractivity contribution in [2.24, 2.45) is 0 Å². The first-order valence-electron chi connectivity index (χ1n) is 13.0. The molecular weight excluding hydrogens is 487 g/mol. The number of rotatable bonds is 11. The number of carbonyl (C=O) groups is 1. The molecule has 0 spiro atoms. The van der Waals surface area contributed by atoms with E-state index in [4.69, 9.17) is 18.9 Å². The second-order valence-corrected chi connectivity index (χ2v) is 9.73. The molecule has 38 heavy (non-hydrogen) atoms. The summed E-state index contributed by atoms with van der Waals surface area (Å²) in [7, 11) is 1.75. The highest BCUT2D eigenvalue weighted by molar-refractivity contribution is 5.81. The van der Waals surface area contributed by atoms with E-state index in [0.717, 1.165) is 36.3 Å². The first-order chi connectivity index (χ1) is 18.5. The Balaban J connectivity index is 1.38. The molecule has 0 saturated carbocycles. The quantitative estimate of drug-likeness (QED) is 0.367. The molecule has 5 rings (SSSR count). The van der Waals surface area contributed by atoms with Crippen LogP contribution < -0.4 is 14.2 Å². The Bertz CT molecular complexity index is 1220. The van der Waals surface area contributed by atoms with Gasteiger partial charge in [0.2, 0.25) is 6.79 Å². The van der Waals surface area contributed by atoms with E-state index in [0.29, 0.717) is 25.4 Å². The van der Waals surface area contributed by atoms with Gasteiger partial charge in [0, 0.05) is 39.8 Å². The summed E-state index contributed by atoms with van der Waals surface area (Å²) < 4.78 is 37.6. The van der Waals surface area contributed by atoms with Crippen LogP contribution in [0, 0.1) is 5.82 Å². The number of fused-ring (bicyclic) bond motifs is 1. The van der Waals surface area contributed by atoms with Crippen LogP contribution in [0.3, 0.4) is 0 Å². The smallest absolute Gasteiger partial charge is 0.265 e. The molecule has 3 aromatic carbocycles. The zero-order chi connectivity index (χ0) is 26.3. The molecule has 2 atom stereocenters. The lowest BCUT2D eigenvalue weighted by molar-refractivity contribution is -0.139. The van der Waals surface area contributed by atoms with E-state index in [2.05, 4.69) is 4.90 Å². The zero-order valence-electron chi connectivity index (χ0n) is 21.6. The van der Waals surface area contributed by atoms with Crippen LogP contribution in [0.1, 0.15) is 24.0 Å². The van der Waals surface area contributed by atoms with E-state index in [1.165, 1.54) is 6.07 Å². The highest BCUT2D eigenvalue weighted by Crippen LogP contribution is 2.33. The molecule has 0 aliphatic carbocycles. The summed E-state index contributed by atoms with van der Waals surface area (Å²) in [5.41, 5.74) is 2.02. The number of hydrogen-bond acceptors (Lipinski definition) is 6. The van der Waals surface area contributed by atoms with Crippen molar-refractivity contribution in [2.45, 2.75) is 38.1 Å². The predicted molar refractivity (Wildman–Crippen MR) is 141 cm³/mol. The maximum atomic E-state index is 14.6. The van der Waals surface area contributed by atoms with Crippen LogP contribution in [-0.4, -0.2) is 61.5 Å². The third-order valence-electron chi connectivity index (χ3n) is 6.77. The fraction of sp³-hybridized carbons (Fsp3) is 0.367. The van der Waals surface area contributed by atoms with Crippen molar-refractivity contribution < 1.29 is 28.1 Å². The average molecular weight is 521 g/mol. The number of ether oxygens (including phenoxy) is 4. The molecule has 1 amide bonds. The van der Waals surface area contributed by atoms with Gasteiger partial charge in [-0.3, -0.25) is 9.69 Å². The van der Waals surface area contributed by atoms with Gasteiger partial charge in [-0.2, -0.15) is 0 Å².